The molecule has 0 aromatic heterocycles. The molecule has 0 fully saturated rings. The van der Waals surface area contributed by atoms with Crippen molar-refractivity contribution in [1.82, 2.24) is 4.90 Å². The third-order valence-corrected chi connectivity index (χ3v) is 2.92. The number of hydrogen-bond donors (Lipinski definition) is 0. The third-order valence-electron chi connectivity index (χ3n) is 2.68. The van der Waals surface area contributed by atoms with Crippen molar-refractivity contribution in [2.45, 2.75) is 13.3 Å². The normalized spacial score (nSPS) is 10.0. The first-order chi connectivity index (χ1) is 9.47. The van der Waals surface area contributed by atoms with Crippen molar-refractivity contribution in [3.8, 4) is 5.75 Å². The van der Waals surface area contributed by atoms with E-state index in [2.05, 4.69) is 0 Å². The zero-order valence-corrected chi connectivity index (χ0v) is 12.6. The minimum atomic E-state index is -0.429. The Morgan fingerprint density at radius 1 is 1.35 bits per heavy atom. The van der Waals surface area contributed by atoms with Crippen LogP contribution in [-0.4, -0.2) is 44.1 Å². The largest absolute Gasteiger partial charge is 0.496 e. The molecule has 0 aliphatic rings. The first-order valence-electron chi connectivity index (χ1n) is 6.20. The van der Waals surface area contributed by atoms with Crippen molar-refractivity contribution in [3.05, 3.63) is 28.8 Å². The molecule has 5 nitrogen and oxygen atoms in total. The van der Waals surface area contributed by atoms with Gasteiger partial charge in [0.05, 0.1) is 20.1 Å². The number of nitrogens with zero attached hydrogens (tertiary/aromatic N) is 1. The monoisotopic (exact) mass is 299 g/mol. The van der Waals surface area contributed by atoms with Gasteiger partial charge in [-0.2, -0.15) is 0 Å². The summed E-state index contributed by atoms with van der Waals surface area (Å²) in [7, 11) is 3.08. The second-order valence-electron chi connectivity index (χ2n) is 4.19. The number of esters is 1. The van der Waals surface area contributed by atoms with Crippen molar-refractivity contribution in [3.63, 3.8) is 0 Å². The highest BCUT2D eigenvalue weighted by Gasteiger charge is 2.16. The van der Waals surface area contributed by atoms with Crippen LogP contribution in [0.2, 0.25) is 5.02 Å². The summed E-state index contributed by atoms with van der Waals surface area (Å²) in [5, 5.41) is 0.529. The lowest BCUT2D eigenvalue weighted by Crippen LogP contribution is -2.34. The average Bonchev–Trinajstić information content (AvgIpc) is 2.39. The van der Waals surface area contributed by atoms with Crippen LogP contribution in [-0.2, 0) is 20.7 Å². The van der Waals surface area contributed by atoms with Gasteiger partial charge in [0.15, 0.2) is 0 Å². The molecule has 1 amide bonds. The molecule has 0 aliphatic heterocycles. The predicted octanol–water partition coefficient (Wildman–Crippen LogP) is 1.91. The molecule has 0 N–H and O–H groups in total. The molecule has 0 saturated carbocycles. The van der Waals surface area contributed by atoms with E-state index >= 15 is 0 Å². The van der Waals surface area contributed by atoms with E-state index in [4.69, 9.17) is 21.1 Å². The minimum absolute atomic E-state index is 0.0739. The molecule has 110 valence electrons. The van der Waals surface area contributed by atoms with Gasteiger partial charge in [-0.3, -0.25) is 9.59 Å². The number of likely N-dealkylation sites (N-methyl/N-ethyl adjacent to an activating group) is 1. The van der Waals surface area contributed by atoms with E-state index in [1.54, 1.807) is 32.2 Å². The topological polar surface area (TPSA) is 55.8 Å². The fraction of sp³-hybridized carbons (Fsp3) is 0.429. The summed E-state index contributed by atoms with van der Waals surface area (Å²) in [6.07, 6.45) is 0.111. The fourth-order valence-electron chi connectivity index (χ4n) is 1.67. The van der Waals surface area contributed by atoms with Crippen LogP contribution in [0, 0.1) is 0 Å². The molecule has 0 radical (unpaired) electrons. The smallest absolute Gasteiger partial charge is 0.325 e. The Bertz CT molecular complexity index is 490. The molecular weight excluding hydrogens is 282 g/mol. The van der Waals surface area contributed by atoms with Crippen LogP contribution in [0.1, 0.15) is 12.5 Å². The number of rotatable bonds is 6. The molecule has 20 heavy (non-hydrogen) atoms. The maximum Gasteiger partial charge on any atom is 0.325 e. The summed E-state index contributed by atoms with van der Waals surface area (Å²) in [6.45, 7) is 1.94. The Labute approximate surface area is 123 Å². The van der Waals surface area contributed by atoms with Gasteiger partial charge >= 0.3 is 5.97 Å². The van der Waals surface area contributed by atoms with Gasteiger partial charge in [-0.25, -0.2) is 0 Å². The Morgan fingerprint density at radius 3 is 2.65 bits per heavy atom. The SMILES string of the molecule is CCOC(=O)CN(C)C(=O)Cc1cc(Cl)ccc1OC. The van der Waals surface area contributed by atoms with Gasteiger partial charge in [0.25, 0.3) is 0 Å². The molecule has 1 aromatic rings. The van der Waals surface area contributed by atoms with E-state index < -0.39 is 5.97 Å². The highest BCUT2D eigenvalue weighted by molar-refractivity contribution is 6.30. The molecule has 1 aromatic carbocycles. The Balaban J connectivity index is 2.70. The van der Waals surface area contributed by atoms with E-state index in [1.165, 1.54) is 12.0 Å². The van der Waals surface area contributed by atoms with Crippen LogP contribution in [0.3, 0.4) is 0 Å². The quantitative estimate of drug-likeness (QED) is 0.753. The Morgan fingerprint density at radius 2 is 2.05 bits per heavy atom. The first kappa shape index (κ1) is 16.3. The van der Waals surface area contributed by atoms with Gasteiger partial charge in [0.2, 0.25) is 5.91 Å². The molecule has 1 rings (SSSR count). The van der Waals surface area contributed by atoms with Crippen LogP contribution < -0.4 is 4.74 Å². The third kappa shape index (κ3) is 4.74. The first-order valence-corrected chi connectivity index (χ1v) is 6.57. The van der Waals surface area contributed by atoms with Crippen LogP contribution in [0.4, 0.5) is 0 Å². The molecular formula is C14H18ClNO4. The standard InChI is InChI=1S/C14H18ClNO4/c1-4-20-14(18)9-16(2)13(17)8-10-7-11(15)5-6-12(10)19-3/h5-7H,4,8-9H2,1-3H3. The van der Waals surface area contributed by atoms with E-state index in [0.717, 1.165) is 0 Å². The predicted molar refractivity (Wildman–Crippen MR) is 76.0 cm³/mol. The highest BCUT2D eigenvalue weighted by atomic mass is 35.5. The highest BCUT2D eigenvalue weighted by Crippen LogP contribution is 2.23. The second-order valence-corrected chi connectivity index (χ2v) is 4.62. The summed E-state index contributed by atoms with van der Waals surface area (Å²) in [6, 6.07) is 5.07. The Hall–Kier alpha value is -1.75. The van der Waals surface area contributed by atoms with E-state index in [9.17, 15) is 9.59 Å². The number of carbonyl (C=O) groups excluding carboxylic acids is 2. The molecule has 0 atom stereocenters. The number of amides is 1. The van der Waals surface area contributed by atoms with Gasteiger partial charge < -0.3 is 14.4 Å². The second kappa shape index (κ2) is 7.75. The van der Waals surface area contributed by atoms with E-state index in [-0.39, 0.29) is 18.9 Å². The van der Waals surface area contributed by atoms with Gasteiger partial charge in [0.1, 0.15) is 12.3 Å². The Kier molecular flexibility index (Phi) is 6.31. The van der Waals surface area contributed by atoms with Crippen molar-refractivity contribution in [2.24, 2.45) is 0 Å². The lowest BCUT2D eigenvalue weighted by molar-refractivity contribution is -0.147. The van der Waals surface area contributed by atoms with Crippen molar-refractivity contribution >= 4 is 23.5 Å². The zero-order valence-electron chi connectivity index (χ0n) is 11.8. The van der Waals surface area contributed by atoms with Gasteiger partial charge in [-0.05, 0) is 25.1 Å². The summed E-state index contributed by atoms with van der Waals surface area (Å²) >= 11 is 5.91. The number of carbonyl (C=O) groups is 2. The van der Waals surface area contributed by atoms with Crippen molar-refractivity contribution in [2.75, 3.05) is 27.3 Å². The van der Waals surface area contributed by atoms with Crippen LogP contribution in [0.15, 0.2) is 18.2 Å². The van der Waals surface area contributed by atoms with Gasteiger partial charge in [-0.1, -0.05) is 11.6 Å². The molecule has 0 aliphatic carbocycles. The number of ether oxygens (including phenoxy) is 2. The molecule has 0 bridgehead atoms. The van der Waals surface area contributed by atoms with E-state index in [0.29, 0.717) is 22.9 Å². The maximum atomic E-state index is 12.1. The van der Waals surface area contributed by atoms with Crippen LogP contribution >= 0.6 is 11.6 Å². The van der Waals surface area contributed by atoms with Gasteiger partial charge in [0, 0.05) is 17.6 Å². The van der Waals surface area contributed by atoms with Crippen LogP contribution in [0.25, 0.3) is 0 Å². The van der Waals surface area contributed by atoms with E-state index in [1.807, 2.05) is 0 Å². The lowest BCUT2D eigenvalue weighted by Gasteiger charge is -2.17. The number of halogens is 1. The van der Waals surface area contributed by atoms with Crippen LogP contribution in [0.5, 0.6) is 5.75 Å². The van der Waals surface area contributed by atoms with Crippen molar-refractivity contribution in [1.29, 1.82) is 0 Å². The summed E-state index contributed by atoms with van der Waals surface area (Å²) in [4.78, 5) is 24.7. The minimum Gasteiger partial charge on any atom is -0.496 e. The molecule has 6 heteroatoms. The van der Waals surface area contributed by atoms with Crippen molar-refractivity contribution < 1.29 is 19.1 Å². The summed E-state index contributed by atoms with van der Waals surface area (Å²) in [5.74, 6) is -0.0488. The zero-order chi connectivity index (χ0) is 15.1. The summed E-state index contributed by atoms with van der Waals surface area (Å²) in [5.41, 5.74) is 0.681. The maximum absolute atomic E-state index is 12.1. The summed E-state index contributed by atoms with van der Waals surface area (Å²) < 4.78 is 9.98. The molecule has 0 heterocycles. The average molecular weight is 300 g/mol. The fourth-order valence-corrected chi connectivity index (χ4v) is 1.87. The number of hydrogen-bond acceptors (Lipinski definition) is 4. The molecule has 0 unspecified atom stereocenters. The molecule has 0 spiro atoms. The number of methoxy groups -OCH3 is 1. The number of benzene rings is 1. The lowest BCUT2D eigenvalue weighted by atomic mass is 10.1. The molecule has 0 saturated heterocycles. The van der Waals surface area contributed by atoms with Gasteiger partial charge in [-0.15, -0.1) is 0 Å².